The highest BCUT2D eigenvalue weighted by atomic mass is 32.2. The minimum atomic E-state index is -0.208. The van der Waals surface area contributed by atoms with Gasteiger partial charge in [-0.05, 0) is 26.2 Å². The number of esters is 1. The summed E-state index contributed by atoms with van der Waals surface area (Å²) in [4.78, 5) is 25.4. The van der Waals surface area contributed by atoms with Crippen molar-refractivity contribution in [2.24, 2.45) is 5.92 Å². The predicted molar refractivity (Wildman–Crippen MR) is 73.5 cm³/mol. The fourth-order valence-corrected chi connectivity index (χ4v) is 3.01. The largest absolute Gasteiger partial charge is 0.469 e. The minimum absolute atomic E-state index is 0.0739. The lowest BCUT2D eigenvalue weighted by atomic mass is 10.1. The molecule has 5 heteroatoms. The van der Waals surface area contributed by atoms with Gasteiger partial charge >= 0.3 is 5.97 Å². The molecule has 1 rings (SSSR count). The number of carbonyl (C=O) groups is 2. The second-order valence-electron chi connectivity index (χ2n) is 4.79. The zero-order valence-corrected chi connectivity index (χ0v) is 12.3. The molecular weight excluding hydrogens is 250 g/mol. The topological polar surface area (TPSA) is 46.6 Å². The molecule has 4 nitrogen and oxygen atoms in total. The summed E-state index contributed by atoms with van der Waals surface area (Å²) in [5, 5.41) is -0.0739. The van der Waals surface area contributed by atoms with E-state index in [1.165, 1.54) is 25.3 Å². The molecule has 0 aromatic rings. The summed E-state index contributed by atoms with van der Waals surface area (Å²) in [6, 6.07) is 0. The van der Waals surface area contributed by atoms with E-state index < -0.39 is 0 Å². The monoisotopic (exact) mass is 273 g/mol. The van der Waals surface area contributed by atoms with E-state index in [0.717, 1.165) is 25.9 Å². The molecule has 1 amide bonds. The second-order valence-corrected chi connectivity index (χ2v) is 6.16. The van der Waals surface area contributed by atoms with E-state index in [4.69, 9.17) is 0 Å². The van der Waals surface area contributed by atoms with Gasteiger partial charge in [0.2, 0.25) is 5.91 Å². The molecule has 0 aromatic heterocycles. The molecule has 1 fully saturated rings. The molecule has 0 N–H and O–H groups in total. The number of hydrogen-bond acceptors (Lipinski definition) is 4. The summed E-state index contributed by atoms with van der Waals surface area (Å²) in [7, 11) is 1.39. The Balaban J connectivity index is 2.33. The van der Waals surface area contributed by atoms with Crippen molar-refractivity contribution in [2.75, 3.05) is 26.0 Å². The van der Waals surface area contributed by atoms with Crippen LogP contribution in [0.4, 0.5) is 0 Å². The third kappa shape index (κ3) is 4.52. The molecule has 104 valence electrons. The number of piperidine rings is 1. The highest BCUT2D eigenvalue weighted by Crippen LogP contribution is 2.19. The molecule has 0 saturated carbocycles. The molecule has 2 unspecified atom stereocenters. The van der Waals surface area contributed by atoms with Crippen LogP contribution in [0.2, 0.25) is 0 Å². The number of carbonyl (C=O) groups excluding carboxylic acids is 2. The number of thioether (sulfide) groups is 1. The molecule has 2 atom stereocenters. The first-order valence-electron chi connectivity index (χ1n) is 6.54. The van der Waals surface area contributed by atoms with E-state index >= 15 is 0 Å². The second kappa shape index (κ2) is 7.67. The maximum absolute atomic E-state index is 12.1. The van der Waals surface area contributed by atoms with E-state index in [2.05, 4.69) is 4.74 Å². The first-order chi connectivity index (χ1) is 8.56. The van der Waals surface area contributed by atoms with Crippen LogP contribution >= 0.6 is 11.8 Å². The molecule has 1 aliphatic rings. The van der Waals surface area contributed by atoms with Crippen LogP contribution < -0.4 is 0 Å². The van der Waals surface area contributed by atoms with Crippen LogP contribution in [-0.2, 0) is 14.3 Å². The fourth-order valence-electron chi connectivity index (χ4n) is 2.00. The van der Waals surface area contributed by atoms with Crippen molar-refractivity contribution in [1.29, 1.82) is 0 Å². The SMILES string of the molecule is COC(=O)C(C)CSC(C)C(=O)N1CCCCC1. The van der Waals surface area contributed by atoms with Crippen molar-refractivity contribution in [2.45, 2.75) is 38.4 Å². The van der Waals surface area contributed by atoms with Crippen LogP contribution in [0.3, 0.4) is 0 Å². The Morgan fingerprint density at radius 3 is 2.39 bits per heavy atom. The Morgan fingerprint density at radius 1 is 1.22 bits per heavy atom. The van der Waals surface area contributed by atoms with Crippen LogP contribution in [0.15, 0.2) is 0 Å². The minimum Gasteiger partial charge on any atom is -0.469 e. The summed E-state index contributed by atoms with van der Waals surface area (Å²) in [5.41, 5.74) is 0. The van der Waals surface area contributed by atoms with Crippen LogP contribution in [0.25, 0.3) is 0 Å². The molecule has 0 radical (unpaired) electrons. The number of hydrogen-bond donors (Lipinski definition) is 0. The van der Waals surface area contributed by atoms with Crippen molar-refractivity contribution < 1.29 is 14.3 Å². The Bertz CT molecular complexity index is 290. The lowest BCUT2D eigenvalue weighted by Crippen LogP contribution is -2.40. The van der Waals surface area contributed by atoms with E-state index in [1.54, 1.807) is 0 Å². The number of methoxy groups -OCH3 is 1. The summed E-state index contributed by atoms with van der Waals surface area (Å²) in [6.45, 7) is 5.52. The van der Waals surface area contributed by atoms with Gasteiger partial charge in [-0.3, -0.25) is 9.59 Å². The third-order valence-corrected chi connectivity index (χ3v) is 4.61. The smallest absolute Gasteiger partial charge is 0.309 e. The lowest BCUT2D eigenvalue weighted by Gasteiger charge is -2.29. The summed E-state index contributed by atoms with van der Waals surface area (Å²) in [5.74, 6) is 0.474. The maximum atomic E-state index is 12.1. The van der Waals surface area contributed by atoms with Crippen LogP contribution in [0, 0.1) is 5.92 Å². The van der Waals surface area contributed by atoms with Gasteiger partial charge in [0, 0.05) is 18.8 Å². The summed E-state index contributed by atoms with van der Waals surface area (Å²) >= 11 is 1.54. The number of amides is 1. The fraction of sp³-hybridized carbons (Fsp3) is 0.846. The third-order valence-electron chi connectivity index (χ3n) is 3.22. The quantitative estimate of drug-likeness (QED) is 0.718. The molecule has 0 aromatic carbocycles. The van der Waals surface area contributed by atoms with E-state index in [-0.39, 0.29) is 23.0 Å². The zero-order valence-electron chi connectivity index (χ0n) is 11.5. The van der Waals surface area contributed by atoms with E-state index in [0.29, 0.717) is 5.75 Å². The van der Waals surface area contributed by atoms with Crippen molar-refractivity contribution in [3.8, 4) is 0 Å². The summed E-state index contributed by atoms with van der Waals surface area (Å²) < 4.78 is 4.67. The maximum Gasteiger partial charge on any atom is 0.309 e. The van der Waals surface area contributed by atoms with Gasteiger partial charge in [0.05, 0.1) is 18.3 Å². The van der Waals surface area contributed by atoms with Crippen LogP contribution in [0.5, 0.6) is 0 Å². The van der Waals surface area contributed by atoms with Gasteiger partial charge in [-0.2, -0.15) is 0 Å². The standard InChI is InChI=1S/C13H23NO3S/c1-10(13(16)17-3)9-18-11(2)12(15)14-7-5-4-6-8-14/h10-11H,4-9H2,1-3H3. The van der Waals surface area contributed by atoms with Gasteiger partial charge in [-0.15, -0.1) is 11.8 Å². The number of ether oxygens (including phenoxy) is 1. The number of nitrogens with zero attached hydrogens (tertiary/aromatic N) is 1. The lowest BCUT2D eigenvalue weighted by molar-refractivity contribution is -0.144. The van der Waals surface area contributed by atoms with Crippen molar-refractivity contribution in [3.05, 3.63) is 0 Å². The van der Waals surface area contributed by atoms with Crippen molar-refractivity contribution in [1.82, 2.24) is 4.90 Å². The first kappa shape index (κ1) is 15.3. The van der Waals surface area contributed by atoms with Gasteiger partial charge in [0.15, 0.2) is 0 Å². The van der Waals surface area contributed by atoms with Crippen molar-refractivity contribution in [3.63, 3.8) is 0 Å². The Labute approximate surface area is 113 Å². The highest BCUT2D eigenvalue weighted by molar-refractivity contribution is 8.00. The van der Waals surface area contributed by atoms with Gasteiger partial charge in [-0.1, -0.05) is 6.92 Å². The van der Waals surface area contributed by atoms with Crippen molar-refractivity contribution >= 4 is 23.6 Å². The average Bonchev–Trinajstić information content (AvgIpc) is 2.43. The predicted octanol–water partition coefficient (Wildman–Crippen LogP) is 1.93. The molecule has 1 saturated heterocycles. The van der Waals surface area contributed by atoms with E-state index in [9.17, 15) is 9.59 Å². The molecule has 0 spiro atoms. The molecule has 18 heavy (non-hydrogen) atoms. The molecule has 0 aliphatic carbocycles. The Hall–Kier alpha value is -0.710. The number of likely N-dealkylation sites (tertiary alicyclic amines) is 1. The molecule has 1 aliphatic heterocycles. The van der Waals surface area contributed by atoms with Gasteiger partial charge in [0.25, 0.3) is 0 Å². The summed E-state index contributed by atoms with van der Waals surface area (Å²) in [6.07, 6.45) is 3.45. The normalized spacial score (nSPS) is 19.2. The van der Waals surface area contributed by atoms with Gasteiger partial charge in [0.1, 0.15) is 0 Å². The molecule has 0 bridgehead atoms. The van der Waals surface area contributed by atoms with Gasteiger partial charge < -0.3 is 9.64 Å². The van der Waals surface area contributed by atoms with E-state index in [1.807, 2.05) is 18.7 Å². The Kier molecular flexibility index (Phi) is 6.54. The van der Waals surface area contributed by atoms with Gasteiger partial charge in [-0.25, -0.2) is 0 Å². The zero-order chi connectivity index (χ0) is 13.5. The number of rotatable bonds is 5. The van der Waals surface area contributed by atoms with Crippen LogP contribution in [-0.4, -0.2) is 48.0 Å². The van der Waals surface area contributed by atoms with Crippen LogP contribution in [0.1, 0.15) is 33.1 Å². The molecular formula is C13H23NO3S. The Morgan fingerprint density at radius 2 is 1.83 bits per heavy atom. The average molecular weight is 273 g/mol. The first-order valence-corrected chi connectivity index (χ1v) is 7.59. The molecule has 1 heterocycles. The highest BCUT2D eigenvalue weighted by Gasteiger charge is 2.24.